The van der Waals surface area contributed by atoms with Crippen LogP contribution in [0.2, 0.25) is 0 Å². The first-order valence-electron chi connectivity index (χ1n) is 11.8. The zero-order valence-corrected chi connectivity index (χ0v) is 20.5. The topological polar surface area (TPSA) is 32.3 Å². The van der Waals surface area contributed by atoms with Gasteiger partial charge in [-0.15, -0.1) is 11.8 Å². The lowest BCUT2D eigenvalue weighted by Crippen LogP contribution is -2.20. The number of anilines is 2. The van der Waals surface area contributed by atoms with Gasteiger partial charge in [0, 0.05) is 29.4 Å². The molecule has 35 heavy (non-hydrogen) atoms. The van der Waals surface area contributed by atoms with E-state index >= 15 is 0 Å². The van der Waals surface area contributed by atoms with Gasteiger partial charge in [0.15, 0.2) is 0 Å². The van der Waals surface area contributed by atoms with E-state index in [2.05, 4.69) is 17.1 Å². The lowest BCUT2D eigenvalue weighted by atomic mass is 9.98. The Bertz CT molecular complexity index is 1110. The second-order valence-corrected chi connectivity index (χ2v) is 10.2. The Morgan fingerprint density at radius 3 is 2.26 bits per heavy atom. The number of hydrogen-bond donors (Lipinski definition) is 1. The van der Waals surface area contributed by atoms with Gasteiger partial charge in [0.1, 0.15) is 0 Å². The molecule has 1 heterocycles. The number of thioether (sulfide) groups is 1. The Hall–Kier alpha value is -2.93. The van der Waals surface area contributed by atoms with Crippen LogP contribution in [0.4, 0.5) is 24.5 Å². The van der Waals surface area contributed by atoms with Crippen molar-refractivity contribution in [2.75, 3.05) is 29.1 Å². The minimum absolute atomic E-state index is 0.0496. The zero-order chi connectivity index (χ0) is 24.8. The molecule has 1 fully saturated rings. The number of nitrogens with zero attached hydrogens (tertiary/aromatic N) is 1. The van der Waals surface area contributed by atoms with E-state index in [9.17, 15) is 18.0 Å². The van der Waals surface area contributed by atoms with E-state index in [1.165, 1.54) is 4.90 Å². The highest BCUT2D eigenvalue weighted by molar-refractivity contribution is 7.99. The molecule has 1 N–H and O–H groups in total. The molecule has 0 saturated carbocycles. The molecule has 1 atom stereocenters. The number of benzene rings is 3. The fourth-order valence-corrected chi connectivity index (χ4v) is 5.08. The molecule has 184 valence electrons. The normalized spacial score (nSPS) is 15.9. The van der Waals surface area contributed by atoms with Crippen molar-refractivity contribution < 1.29 is 18.0 Å². The van der Waals surface area contributed by atoms with Crippen molar-refractivity contribution in [1.82, 2.24) is 0 Å². The molecule has 0 aliphatic carbocycles. The third kappa shape index (κ3) is 7.04. The van der Waals surface area contributed by atoms with Crippen LogP contribution in [0, 0.1) is 5.92 Å². The van der Waals surface area contributed by atoms with Crippen molar-refractivity contribution in [3.63, 3.8) is 0 Å². The van der Waals surface area contributed by atoms with Gasteiger partial charge < -0.3 is 10.2 Å². The fraction of sp³-hybridized carbons (Fsp3) is 0.321. The summed E-state index contributed by atoms with van der Waals surface area (Å²) >= 11 is 1.78. The summed E-state index contributed by atoms with van der Waals surface area (Å²) in [5.74, 6) is 1.37. The summed E-state index contributed by atoms with van der Waals surface area (Å²) in [6.07, 6.45) is -2.21. The van der Waals surface area contributed by atoms with Crippen molar-refractivity contribution in [3.05, 3.63) is 89.5 Å². The van der Waals surface area contributed by atoms with Crippen LogP contribution in [0.5, 0.6) is 0 Å². The van der Waals surface area contributed by atoms with Crippen molar-refractivity contribution in [2.45, 2.75) is 37.3 Å². The van der Waals surface area contributed by atoms with Gasteiger partial charge in [-0.05, 0) is 84.2 Å². The molecule has 0 bridgehead atoms. The van der Waals surface area contributed by atoms with Crippen molar-refractivity contribution >= 4 is 29.0 Å². The van der Waals surface area contributed by atoms with Gasteiger partial charge in [-0.2, -0.15) is 13.2 Å². The molecule has 1 aliphatic heterocycles. The van der Waals surface area contributed by atoms with E-state index in [1.54, 1.807) is 23.9 Å². The molecule has 3 aromatic carbocycles. The third-order valence-electron chi connectivity index (χ3n) is 6.21. The first-order valence-corrected chi connectivity index (χ1v) is 12.8. The third-order valence-corrected chi connectivity index (χ3v) is 7.10. The second kappa shape index (κ2) is 11.2. The lowest BCUT2D eigenvalue weighted by Gasteiger charge is -2.19. The number of carbonyl (C=O) groups is 1. The van der Waals surface area contributed by atoms with Crippen LogP contribution >= 0.6 is 11.8 Å². The van der Waals surface area contributed by atoms with E-state index < -0.39 is 11.7 Å². The summed E-state index contributed by atoms with van der Waals surface area (Å²) in [7, 11) is 0. The van der Waals surface area contributed by atoms with Crippen molar-refractivity contribution in [1.29, 1.82) is 0 Å². The molecular weight excluding hydrogens is 469 g/mol. The van der Waals surface area contributed by atoms with Crippen LogP contribution < -0.4 is 10.2 Å². The standard InChI is InChI=1S/C28H29F3N2OS/c1-2-35-26-13-5-21(6-14-26)18-27(34)32-24-9-11-25(12-10-24)33-16-15-22(19-33)17-20-3-7-23(8-4-20)28(29,30)31/h3-14,22H,2,15-19H2,1H3,(H,32,34). The minimum atomic E-state index is -4.30. The van der Waals surface area contributed by atoms with Crippen LogP contribution in [0.1, 0.15) is 30.0 Å². The molecule has 3 nitrogen and oxygen atoms in total. The molecule has 1 amide bonds. The predicted octanol–water partition coefficient (Wildman–Crippen LogP) is 7.07. The molecule has 7 heteroatoms. The quantitative estimate of drug-likeness (QED) is 0.337. The van der Waals surface area contributed by atoms with E-state index in [0.29, 0.717) is 12.3 Å². The van der Waals surface area contributed by atoms with Gasteiger partial charge in [-0.1, -0.05) is 31.2 Å². The van der Waals surface area contributed by atoms with Gasteiger partial charge in [-0.25, -0.2) is 0 Å². The number of hydrogen-bond acceptors (Lipinski definition) is 3. The van der Waals surface area contributed by atoms with Crippen LogP contribution in [-0.4, -0.2) is 24.7 Å². The highest BCUT2D eigenvalue weighted by Gasteiger charge is 2.30. The summed E-state index contributed by atoms with van der Waals surface area (Å²) in [6, 6.07) is 21.4. The van der Waals surface area contributed by atoms with Crippen LogP contribution in [0.25, 0.3) is 0 Å². The van der Waals surface area contributed by atoms with Gasteiger partial charge in [-0.3, -0.25) is 4.79 Å². The predicted molar refractivity (Wildman–Crippen MR) is 137 cm³/mol. The second-order valence-electron chi connectivity index (χ2n) is 8.85. The van der Waals surface area contributed by atoms with Gasteiger partial charge in [0.25, 0.3) is 0 Å². The molecule has 0 radical (unpaired) electrons. The minimum Gasteiger partial charge on any atom is -0.371 e. The van der Waals surface area contributed by atoms with Crippen LogP contribution in [0.3, 0.4) is 0 Å². The summed E-state index contributed by atoms with van der Waals surface area (Å²) in [5.41, 5.74) is 3.15. The maximum Gasteiger partial charge on any atom is 0.416 e. The molecule has 3 aromatic rings. The number of amides is 1. The average Bonchev–Trinajstić information content (AvgIpc) is 3.29. The smallest absolute Gasteiger partial charge is 0.371 e. The summed E-state index contributed by atoms with van der Waals surface area (Å²) in [6.45, 7) is 3.88. The van der Waals surface area contributed by atoms with E-state index in [4.69, 9.17) is 0 Å². The number of carbonyl (C=O) groups excluding carboxylic acids is 1. The Labute approximate surface area is 208 Å². The lowest BCUT2D eigenvalue weighted by molar-refractivity contribution is -0.137. The maximum atomic E-state index is 12.8. The van der Waals surface area contributed by atoms with Gasteiger partial charge >= 0.3 is 6.18 Å². The first-order chi connectivity index (χ1) is 16.8. The molecule has 4 rings (SSSR count). The van der Waals surface area contributed by atoms with E-state index in [1.807, 2.05) is 48.5 Å². The van der Waals surface area contributed by atoms with Crippen LogP contribution in [-0.2, 0) is 23.8 Å². The van der Waals surface area contributed by atoms with E-state index in [0.717, 1.165) is 66.3 Å². The Morgan fingerprint density at radius 1 is 0.971 bits per heavy atom. The Kier molecular flexibility index (Phi) is 8.06. The molecular formula is C28H29F3N2OS. The number of rotatable bonds is 8. The molecule has 0 spiro atoms. The highest BCUT2D eigenvalue weighted by atomic mass is 32.2. The molecule has 1 aliphatic rings. The van der Waals surface area contributed by atoms with E-state index in [-0.39, 0.29) is 5.91 Å². The Balaban J connectivity index is 1.26. The summed E-state index contributed by atoms with van der Waals surface area (Å²) < 4.78 is 38.3. The van der Waals surface area contributed by atoms with Gasteiger partial charge in [0.2, 0.25) is 5.91 Å². The number of nitrogens with one attached hydrogen (secondary N) is 1. The van der Waals surface area contributed by atoms with Crippen molar-refractivity contribution in [3.8, 4) is 0 Å². The summed E-state index contributed by atoms with van der Waals surface area (Å²) in [4.78, 5) is 15.9. The average molecular weight is 499 g/mol. The maximum absolute atomic E-state index is 12.8. The monoisotopic (exact) mass is 498 g/mol. The Morgan fingerprint density at radius 2 is 1.63 bits per heavy atom. The first kappa shape index (κ1) is 25.2. The molecule has 1 saturated heterocycles. The number of alkyl halides is 3. The zero-order valence-electron chi connectivity index (χ0n) is 19.6. The highest BCUT2D eigenvalue weighted by Crippen LogP contribution is 2.31. The van der Waals surface area contributed by atoms with Gasteiger partial charge in [0.05, 0.1) is 12.0 Å². The molecule has 1 unspecified atom stereocenters. The van der Waals surface area contributed by atoms with Crippen molar-refractivity contribution in [2.24, 2.45) is 5.92 Å². The largest absolute Gasteiger partial charge is 0.416 e. The SMILES string of the molecule is CCSc1ccc(CC(=O)Nc2ccc(N3CCC(Cc4ccc(C(F)(F)F)cc4)C3)cc2)cc1. The summed E-state index contributed by atoms with van der Waals surface area (Å²) in [5, 5.41) is 2.96. The van der Waals surface area contributed by atoms with Crippen LogP contribution in [0.15, 0.2) is 77.7 Å². The fourth-order valence-electron chi connectivity index (χ4n) is 4.41. The number of halogens is 3. The molecule has 0 aromatic heterocycles.